The van der Waals surface area contributed by atoms with Gasteiger partial charge in [0, 0.05) is 31.8 Å². The van der Waals surface area contributed by atoms with E-state index in [-0.39, 0.29) is 12.6 Å². The van der Waals surface area contributed by atoms with Gasteiger partial charge in [-0.1, -0.05) is 6.58 Å². The Morgan fingerprint density at radius 3 is 2.61 bits per heavy atom. The summed E-state index contributed by atoms with van der Waals surface area (Å²) in [6.07, 6.45) is 1.05. The van der Waals surface area contributed by atoms with E-state index in [0.29, 0.717) is 18.7 Å². The molecule has 1 saturated heterocycles. The van der Waals surface area contributed by atoms with Crippen LogP contribution in [0.25, 0.3) is 0 Å². The highest BCUT2D eigenvalue weighted by Crippen LogP contribution is 2.06. The van der Waals surface area contributed by atoms with Gasteiger partial charge in [0.2, 0.25) is 0 Å². The third-order valence-corrected chi connectivity index (χ3v) is 3.08. The van der Waals surface area contributed by atoms with Crippen LogP contribution < -0.4 is 0 Å². The average Bonchev–Trinajstić information content (AvgIpc) is 2.56. The van der Waals surface area contributed by atoms with Crippen LogP contribution >= 0.6 is 0 Å². The van der Waals surface area contributed by atoms with Crippen LogP contribution in [0.1, 0.15) is 13.3 Å². The van der Waals surface area contributed by atoms with Gasteiger partial charge in [-0.25, -0.2) is 4.79 Å². The number of hydrogen-bond acceptors (Lipinski definition) is 5. The second-order valence-electron chi connectivity index (χ2n) is 4.52. The van der Waals surface area contributed by atoms with Crippen LogP contribution in [0.2, 0.25) is 0 Å². The largest absolute Gasteiger partial charge is 0.463 e. The molecule has 0 atom stereocenters. The minimum absolute atomic E-state index is 0.204. The molecule has 0 saturated carbocycles. The van der Waals surface area contributed by atoms with E-state index in [1.165, 1.54) is 0 Å². The van der Waals surface area contributed by atoms with Gasteiger partial charge in [-0.2, -0.15) is 0 Å². The summed E-state index contributed by atoms with van der Waals surface area (Å²) in [6, 6.07) is 0. The number of esters is 1. The summed E-state index contributed by atoms with van der Waals surface area (Å²) in [5.41, 5.74) is 0.521. The van der Waals surface area contributed by atoms with Crippen molar-refractivity contribution in [2.24, 2.45) is 0 Å². The van der Waals surface area contributed by atoms with Crippen molar-refractivity contribution in [2.45, 2.75) is 13.3 Å². The number of aliphatic hydroxyl groups is 1. The molecule has 0 aliphatic carbocycles. The number of nitrogens with zero attached hydrogens (tertiary/aromatic N) is 2. The Balaban J connectivity index is 2.34. The molecule has 1 rings (SSSR count). The number of carbonyl (C=O) groups excluding carboxylic acids is 1. The molecule has 0 aromatic rings. The van der Waals surface area contributed by atoms with Gasteiger partial charge < -0.3 is 9.84 Å². The molecule has 0 bridgehead atoms. The Morgan fingerprint density at radius 1 is 1.28 bits per heavy atom. The Hall–Kier alpha value is -0.910. The van der Waals surface area contributed by atoms with E-state index in [2.05, 4.69) is 16.4 Å². The smallest absolute Gasteiger partial charge is 0.334 e. The van der Waals surface area contributed by atoms with Crippen molar-refractivity contribution in [1.29, 1.82) is 0 Å². The fraction of sp³-hybridized carbons (Fsp3) is 0.769. The van der Waals surface area contributed by atoms with Gasteiger partial charge in [0.25, 0.3) is 0 Å². The molecule has 1 aliphatic heterocycles. The number of aliphatic hydroxyl groups excluding tert-OH is 1. The van der Waals surface area contributed by atoms with Gasteiger partial charge in [0.1, 0.15) is 0 Å². The number of carbonyl (C=O) groups is 1. The number of ether oxygens (including phenoxy) is 1. The predicted octanol–water partition coefficient (Wildman–Crippen LogP) is 0.106. The number of rotatable bonds is 6. The highest BCUT2D eigenvalue weighted by atomic mass is 16.5. The molecule has 0 amide bonds. The molecule has 0 radical (unpaired) electrons. The second-order valence-corrected chi connectivity index (χ2v) is 4.52. The molecule has 1 heterocycles. The molecule has 1 fully saturated rings. The Morgan fingerprint density at radius 2 is 1.94 bits per heavy atom. The molecule has 5 nitrogen and oxygen atoms in total. The summed E-state index contributed by atoms with van der Waals surface area (Å²) in [5, 5.41) is 8.92. The minimum Gasteiger partial charge on any atom is -0.463 e. The molecule has 0 unspecified atom stereocenters. The first kappa shape index (κ1) is 15.1. The van der Waals surface area contributed by atoms with Crippen LogP contribution in [-0.2, 0) is 9.53 Å². The van der Waals surface area contributed by atoms with Crippen molar-refractivity contribution in [2.75, 3.05) is 52.5 Å². The van der Waals surface area contributed by atoms with Crippen LogP contribution in [0.4, 0.5) is 0 Å². The number of β-amino-alcohol motifs (C(OH)–C–C–N with tert-alkyl or cyclic N) is 1. The third kappa shape index (κ3) is 5.16. The fourth-order valence-electron chi connectivity index (χ4n) is 2.12. The lowest BCUT2D eigenvalue weighted by atomic mass is 10.2. The first-order chi connectivity index (χ1) is 8.67. The van der Waals surface area contributed by atoms with Crippen molar-refractivity contribution >= 4 is 5.97 Å². The van der Waals surface area contributed by atoms with Gasteiger partial charge in [-0.3, -0.25) is 9.80 Å². The van der Waals surface area contributed by atoms with Crippen LogP contribution in [-0.4, -0.2) is 73.4 Å². The Kier molecular flexibility index (Phi) is 6.93. The summed E-state index contributed by atoms with van der Waals surface area (Å²) in [5.74, 6) is -0.297. The maximum atomic E-state index is 11.5. The van der Waals surface area contributed by atoms with E-state index >= 15 is 0 Å². The standard InChI is InChI=1S/C13H24N2O3/c1-3-18-13(17)12(2)11-15-6-4-5-14(7-8-15)9-10-16/h16H,2-11H2,1H3. The Bertz CT molecular complexity index is 281. The first-order valence-corrected chi connectivity index (χ1v) is 6.57. The van der Waals surface area contributed by atoms with E-state index in [4.69, 9.17) is 9.84 Å². The van der Waals surface area contributed by atoms with Gasteiger partial charge >= 0.3 is 5.97 Å². The van der Waals surface area contributed by atoms with E-state index < -0.39 is 0 Å². The van der Waals surface area contributed by atoms with Crippen LogP contribution in [0.3, 0.4) is 0 Å². The Labute approximate surface area is 109 Å². The molecule has 5 heteroatoms. The zero-order valence-corrected chi connectivity index (χ0v) is 11.2. The lowest BCUT2D eigenvalue weighted by molar-refractivity contribution is -0.138. The second kappa shape index (κ2) is 8.24. The van der Waals surface area contributed by atoms with Gasteiger partial charge in [0.15, 0.2) is 0 Å². The first-order valence-electron chi connectivity index (χ1n) is 6.57. The lowest BCUT2D eigenvalue weighted by Crippen LogP contribution is -2.34. The van der Waals surface area contributed by atoms with Crippen LogP contribution in [0.5, 0.6) is 0 Å². The molecule has 18 heavy (non-hydrogen) atoms. The lowest BCUT2D eigenvalue weighted by Gasteiger charge is -2.21. The topological polar surface area (TPSA) is 53.0 Å². The molecule has 1 aliphatic rings. The summed E-state index contributed by atoms with van der Waals surface area (Å²) in [4.78, 5) is 15.9. The SMILES string of the molecule is C=C(CN1CCCN(CCO)CC1)C(=O)OCC. The van der Waals surface area contributed by atoms with Gasteiger partial charge in [-0.05, 0) is 26.4 Å². The van der Waals surface area contributed by atoms with Gasteiger partial charge in [-0.15, -0.1) is 0 Å². The van der Waals surface area contributed by atoms with Gasteiger partial charge in [0.05, 0.1) is 13.2 Å². The quantitative estimate of drug-likeness (QED) is 0.540. The van der Waals surface area contributed by atoms with Crippen molar-refractivity contribution < 1.29 is 14.6 Å². The van der Waals surface area contributed by atoms with E-state index in [9.17, 15) is 4.79 Å². The zero-order valence-electron chi connectivity index (χ0n) is 11.2. The fourth-order valence-corrected chi connectivity index (χ4v) is 2.12. The molecular formula is C13H24N2O3. The zero-order chi connectivity index (χ0) is 13.4. The van der Waals surface area contributed by atoms with E-state index in [1.807, 2.05) is 0 Å². The molecule has 0 spiro atoms. The minimum atomic E-state index is -0.297. The van der Waals surface area contributed by atoms with Crippen molar-refractivity contribution in [1.82, 2.24) is 9.80 Å². The summed E-state index contributed by atoms with van der Waals surface area (Å²) in [6.45, 7) is 11.3. The monoisotopic (exact) mass is 256 g/mol. The molecule has 0 aromatic carbocycles. The highest BCUT2D eigenvalue weighted by molar-refractivity contribution is 5.88. The average molecular weight is 256 g/mol. The van der Waals surface area contributed by atoms with Crippen LogP contribution in [0, 0.1) is 0 Å². The van der Waals surface area contributed by atoms with E-state index in [1.54, 1.807) is 6.92 Å². The normalized spacial score (nSPS) is 18.3. The highest BCUT2D eigenvalue weighted by Gasteiger charge is 2.17. The summed E-state index contributed by atoms with van der Waals surface area (Å²) >= 11 is 0. The molecule has 0 aromatic heterocycles. The number of hydrogen-bond donors (Lipinski definition) is 1. The predicted molar refractivity (Wildman–Crippen MR) is 70.4 cm³/mol. The molecular weight excluding hydrogens is 232 g/mol. The third-order valence-electron chi connectivity index (χ3n) is 3.08. The van der Waals surface area contributed by atoms with Crippen molar-refractivity contribution in [3.05, 3.63) is 12.2 Å². The molecule has 104 valence electrons. The van der Waals surface area contributed by atoms with Crippen LogP contribution in [0.15, 0.2) is 12.2 Å². The van der Waals surface area contributed by atoms with E-state index in [0.717, 1.165) is 39.1 Å². The summed E-state index contributed by atoms with van der Waals surface area (Å²) < 4.78 is 4.93. The maximum absolute atomic E-state index is 11.5. The van der Waals surface area contributed by atoms with Crippen molar-refractivity contribution in [3.63, 3.8) is 0 Å². The van der Waals surface area contributed by atoms with Crippen molar-refractivity contribution in [3.8, 4) is 0 Å². The maximum Gasteiger partial charge on any atom is 0.334 e. The summed E-state index contributed by atoms with van der Waals surface area (Å²) in [7, 11) is 0. The molecule has 1 N–H and O–H groups in total.